The van der Waals surface area contributed by atoms with Crippen molar-refractivity contribution in [1.82, 2.24) is 20.2 Å². The molecule has 1 amide bonds. The van der Waals surface area contributed by atoms with Gasteiger partial charge in [0.25, 0.3) is 5.91 Å². The molecule has 0 aliphatic heterocycles. The van der Waals surface area contributed by atoms with E-state index in [2.05, 4.69) is 20.7 Å². The lowest BCUT2D eigenvalue weighted by Crippen LogP contribution is -2.26. The van der Waals surface area contributed by atoms with E-state index in [4.69, 9.17) is 0 Å². The van der Waals surface area contributed by atoms with Gasteiger partial charge in [-0.25, -0.2) is 13.2 Å². The summed E-state index contributed by atoms with van der Waals surface area (Å²) < 4.78 is 78.3. The number of rotatable bonds is 4. The van der Waals surface area contributed by atoms with Crippen LogP contribution in [0.4, 0.5) is 32.0 Å². The Morgan fingerprint density at radius 3 is 2.52 bits per heavy atom. The number of hydrogen-bond acceptors (Lipinski definition) is 4. The quantitative estimate of drug-likeness (QED) is 0.517. The monoisotopic (exact) mass is 415 g/mol. The maximum absolute atomic E-state index is 13.7. The molecule has 0 saturated carbocycles. The second kappa shape index (κ2) is 7.53. The third kappa shape index (κ3) is 4.20. The van der Waals surface area contributed by atoms with E-state index in [1.165, 1.54) is 19.1 Å². The van der Waals surface area contributed by atoms with Crippen molar-refractivity contribution in [2.24, 2.45) is 0 Å². The summed E-state index contributed by atoms with van der Waals surface area (Å²) in [4.78, 5) is 13.0. The minimum absolute atomic E-state index is 0.0188. The number of carbonyl (C=O) groups is 1. The van der Waals surface area contributed by atoms with Crippen LogP contribution in [0.3, 0.4) is 0 Å². The van der Waals surface area contributed by atoms with Crippen molar-refractivity contribution < 1.29 is 31.1 Å². The van der Waals surface area contributed by atoms with Gasteiger partial charge in [0.15, 0.2) is 17.5 Å². The predicted molar refractivity (Wildman–Crippen MR) is 87.9 cm³/mol. The summed E-state index contributed by atoms with van der Waals surface area (Å²) in [6.07, 6.45) is -4.56. The zero-order valence-corrected chi connectivity index (χ0v) is 14.5. The first-order chi connectivity index (χ1) is 13.6. The number of nitrogens with one attached hydrogen (secondary N) is 1. The van der Waals surface area contributed by atoms with E-state index in [9.17, 15) is 31.1 Å². The zero-order chi connectivity index (χ0) is 21.3. The fourth-order valence-electron chi connectivity index (χ4n) is 2.30. The van der Waals surface area contributed by atoms with Crippen LogP contribution in [0, 0.1) is 17.5 Å². The van der Waals surface area contributed by atoms with Gasteiger partial charge < -0.3 is 5.32 Å². The Bertz CT molecular complexity index is 1060. The largest absolute Gasteiger partial charge is 0.416 e. The highest BCUT2D eigenvalue weighted by atomic mass is 19.4. The number of nitrogens with zero attached hydrogens (tertiary/aromatic N) is 4. The summed E-state index contributed by atoms with van der Waals surface area (Å²) in [7, 11) is 0. The van der Waals surface area contributed by atoms with E-state index in [0.29, 0.717) is 6.07 Å². The molecule has 1 atom stereocenters. The number of halogens is 6. The van der Waals surface area contributed by atoms with Gasteiger partial charge in [0.1, 0.15) is 6.04 Å². The van der Waals surface area contributed by atoms with Gasteiger partial charge in [0, 0.05) is 5.56 Å². The highest BCUT2D eigenvalue weighted by Crippen LogP contribution is 2.31. The highest BCUT2D eigenvalue weighted by Gasteiger charge is 2.31. The minimum atomic E-state index is -4.56. The van der Waals surface area contributed by atoms with Crippen LogP contribution in [0.2, 0.25) is 0 Å². The van der Waals surface area contributed by atoms with Crippen molar-refractivity contribution in [2.75, 3.05) is 5.32 Å². The van der Waals surface area contributed by atoms with Gasteiger partial charge in [-0.15, -0.1) is 10.2 Å². The van der Waals surface area contributed by atoms with Crippen molar-refractivity contribution >= 4 is 11.6 Å². The maximum Gasteiger partial charge on any atom is 0.416 e. The Labute approximate surface area is 159 Å². The molecule has 0 spiro atoms. The third-order valence-electron chi connectivity index (χ3n) is 3.90. The molecule has 29 heavy (non-hydrogen) atoms. The SMILES string of the molecule is C[C@@H](C(=O)Nc1ccc(F)c(F)c1F)n1nnc(-c2cccc(C(F)(F)F)c2)n1. The molecule has 0 aliphatic rings. The van der Waals surface area contributed by atoms with Crippen molar-refractivity contribution in [2.45, 2.75) is 19.1 Å². The highest BCUT2D eigenvalue weighted by molar-refractivity contribution is 5.93. The Balaban J connectivity index is 1.80. The summed E-state index contributed by atoms with van der Waals surface area (Å²) in [5.41, 5.74) is -1.49. The number of tetrazole rings is 1. The summed E-state index contributed by atoms with van der Waals surface area (Å²) in [5, 5.41) is 13.1. The lowest BCUT2D eigenvalue weighted by Gasteiger charge is -2.11. The van der Waals surface area contributed by atoms with Crippen LogP contribution in [-0.2, 0) is 11.0 Å². The molecule has 6 nitrogen and oxygen atoms in total. The molecule has 12 heteroatoms. The maximum atomic E-state index is 13.7. The summed E-state index contributed by atoms with van der Waals surface area (Å²) in [5.74, 6) is -5.81. The zero-order valence-electron chi connectivity index (χ0n) is 14.5. The number of benzene rings is 2. The fourth-order valence-corrected chi connectivity index (χ4v) is 2.30. The lowest BCUT2D eigenvalue weighted by atomic mass is 10.1. The molecule has 0 fully saturated rings. The number of anilines is 1. The van der Waals surface area contributed by atoms with E-state index < -0.39 is 46.8 Å². The number of amides is 1. The van der Waals surface area contributed by atoms with E-state index in [-0.39, 0.29) is 11.4 Å². The molecule has 0 saturated heterocycles. The fraction of sp³-hybridized carbons (Fsp3) is 0.176. The van der Waals surface area contributed by atoms with Crippen molar-refractivity contribution in [1.29, 1.82) is 0 Å². The van der Waals surface area contributed by atoms with Crippen LogP contribution in [0.25, 0.3) is 11.4 Å². The van der Waals surface area contributed by atoms with Crippen LogP contribution in [0.1, 0.15) is 18.5 Å². The van der Waals surface area contributed by atoms with E-state index in [0.717, 1.165) is 23.0 Å². The van der Waals surface area contributed by atoms with Gasteiger partial charge in [-0.1, -0.05) is 12.1 Å². The molecule has 2 aromatic carbocycles. The first-order valence-electron chi connectivity index (χ1n) is 7.99. The molecule has 0 radical (unpaired) electrons. The van der Waals surface area contributed by atoms with Crippen LogP contribution < -0.4 is 5.32 Å². The molecule has 0 unspecified atom stereocenters. The lowest BCUT2D eigenvalue weighted by molar-refractivity contribution is -0.137. The van der Waals surface area contributed by atoms with Crippen LogP contribution in [-0.4, -0.2) is 26.1 Å². The summed E-state index contributed by atoms with van der Waals surface area (Å²) in [6, 6.07) is 4.48. The summed E-state index contributed by atoms with van der Waals surface area (Å²) >= 11 is 0. The van der Waals surface area contributed by atoms with Gasteiger partial charge in [-0.05, 0) is 36.4 Å². The normalized spacial score (nSPS) is 12.7. The Morgan fingerprint density at radius 1 is 1.10 bits per heavy atom. The van der Waals surface area contributed by atoms with Gasteiger partial charge in [-0.3, -0.25) is 4.79 Å². The molecule has 1 N–H and O–H groups in total. The molecular formula is C17H11F6N5O. The molecule has 0 bridgehead atoms. The Hall–Kier alpha value is -3.44. The second-order valence-electron chi connectivity index (χ2n) is 5.90. The van der Waals surface area contributed by atoms with Crippen LogP contribution >= 0.6 is 0 Å². The molecule has 1 heterocycles. The van der Waals surface area contributed by atoms with E-state index >= 15 is 0 Å². The Kier molecular flexibility index (Phi) is 5.27. The third-order valence-corrected chi connectivity index (χ3v) is 3.90. The smallest absolute Gasteiger partial charge is 0.322 e. The average molecular weight is 415 g/mol. The number of aromatic nitrogens is 4. The van der Waals surface area contributed by atoms with Gasteiger partial charge in [0.2, 0.25) is 5.82 Å². The molecule has 0 aliphatic carbocycles. The van der Waals surface area contributed by atoms with E-state index in [1.54, 1.807) is 0 Å². The predicted octanol–water partition coefficient (Wildman–Crippen LogP) is 3.98. The topological polar surface area (TPSA) is 72.7 Å². The molecule has 1 aromatic heterocycles. The number of carbonyl (C=O) groups excluding carboxylic acids is 1. The second-order valence-corrected chi connectivity index (χ2v) is 5.90. The molecular weight excluding hydrogens is 404 g/mol. The minimum Gasteiger partial charge on any atom is -0.322 e. The van der Waals surface area contributed by atoms with Crippen molar-refractivity contribution in [3.63, 3.8) is 0 Å². The van der Waals surface area contributed by atoms with Gasteiger partial charge in [-0.2, -0.15) is 18.0 Å². The first-order valence-corrected chi connectivity index (χ1v) is 7.99. The van der Waals surface area contributed by atoms with Gasteiger partial charge in [0.05, 0.1) is 11.3 Å². The molecule has 3 rings (SSSR count). The van der Waals surface area contributed by atoms with Crippen LogP contribution in [0.5, 0.6) is 0 Å². The number of alkyl halides is 3. The van der Waals surface area contributed by atoms with E-state index in [1.807, 2.05) is 0 Å². The summed E-state index contributed by atoms with van der Waals surface area (Å²) in [6.45, 7) is 1.30. The van der Waals surface area contributed by atoms with Crippen molar-refractivity contribution in [3.05, 3.63) is 59.4 Å². The molecule has 152 valence electrons. The average Bonchev–Trinajstić information content (AvgIpc) is 3.17. The van der Waals surface area contributed by atoms with Crippen molar-refractivity contribution in [3.8, 4) is 11.4 Å². The number of hydrogen-bond donors (Lipinski definition) is 1. The molecule has 3 aromatic rings. The van der Waals surface area contributed by atoms with Gasteiger partial charge >= 0.3 is 6.18 Å². The van der Waals surface area contributed by atoms with Crippen LogP contribution in [0.15, 0.2) is 36.4 Å². The first kappa shape index (κ1) is 20.3. The standard InChI is InChI=1S/C17H11F6N5O/c1-8(16(29)24-12-6-5-11(18)13(19)14(12)20)28-26-15(25-27-28)9-3-2-4-10(7-9)17(21,22)23/h2-8H,1H3,(H,24,29)/t8-/m0/s1. The Morgan fingerprint density at radius 2 is 1.83 bits per heavy atom.